The zero-order chi connectivity index (χ0) is 13.2. The monoisotopic (exact) mass is 258 g/mol. The van der Waals surface area contributed by atoms with Gasteiger partial charge in [0, 0.05) is 12.1 Å². The zero-order valence-electron chi connectivity index (χ0n) is 10.9. The second-order valence-electron chi connectivity index (χ2n) is 5.33. The molecule has 2 aliphatic rings. The molecule has 1 fully saturated rings. The van der Waals surface area contributed by atoms with Crippen LogP contribution < -0.4 is 5.32 Å². The largest absolute Gasteiger partial charge is 0.316 e. The molecular formula is C15H18N2O2. The molecule has 2 amide bonds. The Hall–Kier alpha value is -1.68. The number of carbonyl (C=O) groups is 2. The number of imide groups is 1. The molecule has 1 aromatic carbocycles. The van der Waals surface area contributed by atoms with Gasteiger partial charge in [-0.3, -0.25) is 14.5 Å². The average Bonchev–Trinajstić information content (AvgIpc) is 2.92. The molecule has 0 aliphatic carbocycles. The standard InChI is InChI=1S/C15H18N2O2/c18-14-9-12-3-1-2-4-13(12)15(19)17(14)8-6-11-5-7-16-10-11/h1-4,11,16H,5-10H2. The summed E-state index contributed by atoms with van der Waals surface area (Å²) in [6.07, 6.45) is 2.41. The lowest BCUT2D eigenvalue weighted by Gasteiger charge is -2.27. The Labute approximate surface area is 112 Å². The van der Waals surface area contributed by atoms with Gasteiger partial charge in [0.05, 0.1) is 6.42 Å². The molecule has 100 valence electrons. The highest BCUT2D eigenvalue weighted by Crippen LogP contribution is 2.21. The summed E-state index contributed by atoms with van der Waals surface area (Å²) in [5.74, 6) is 0.408. The molecule has 3 rings (SSSR count). The van der Waals surface area contributed by atoms with Crippen molar-refractivity contribution in [3.05, 3.63) is 35.4 Å². The molecule has 1 atom stereocenters. The van der Waals surface area contributed by atoms with Gasteiger partial charge in [0.15, 0.2) is 0 Å². The van der Waals surface area contributed by atoms with E-state index in [4.69, 9.17) is 0 Å². The van der Waals surface area contributed by atoms with Crippen LogP contribution in [0.2, 0.25) is 0 Å². The molecule has 1 saturated heterocycles. The van der Waals surface area contributed by atoms with Crippen LogP contribution in [0.25, 0.3) is 0 Å². The van der Waals surface area contributed by atoms with E-state index >= 15 is 0 Å². The molecule has 4 nitrogen and oxygen atoms in total. The highest BCUT2D eigenvalue weighted by molar-refractivity contribution is 6.09. The van der Waals surface area contributed by atoms with Crippen LogP contribution in [-0.4, -0.2) is 36.3 Å². The number of hydrogen-bond donors (Lipinski definition) is 1. The maximum atomic E-state index is 12.3. The molecule has 4 heteroatoms. The smallest absolute Gasteiger partial charge is 0.260 e. The van der Waals surface area contributed by atoms with Crippen LogP contribution in [0.1, 0.15) is 28.8 Å². The van der Waals surface area contributed by atoms with Crippen molar-refractivity contribution < 1.29 is 9.59 Å². The van der Waals surface area contributed by atoms with Gasteiger partial charge in [-0.25, -0.2) is 0 Å². The predicted molar refractivity (Wildman–Crippen MR) is 71.8 cm³/mol. The second-order valence-corrected chi connectivity index (χ2v) is 5.33. The van der Waals surface area contributed by atoms with E-state index in [0.717, 1.165) is 31.5 Å². The molecule has 0 bridgehead atoms. The summed E-state index contributed by atoms with van der Waals surface area (Å²) in [6.45, 7) is 2.61. The fraction of sp³-hybridized carbons (Fsp3) is 0.467. The summed E-state index contributed by atoms with van der Waals surface area (Å²) in [4.78, 5) is 25.8. The quantitative estimate of drug-likeness (QED) is 0.829. The minimum absolute atomic E-state index is 0.0605. The Morgan fingerprint density at radius 2 is 2.11 bits per heavy atom. The Bertz CT molecular complexity index is 507. The van der Waals surface area contributed by atoms with E-state index in [1.807, 2.05) is 24.3 Å². The third-order valence-corrected chi connectivity index (χ3v) is 4.06. The third-order valence-electron chi connectivity index (χ3n) is 4.06. The number of amides is 2. The maximum Gasteiger partial charge on any atom is 0.260 e. The van der Waals surface area contributed by atoms with Gasteiger partial charge in [-0.1, -0.05) is 18.2 Å². The first-order valence-corrected chi connectivity index (χ1v) is 6.89. The minimum Gasteiger partial charge on any atom is -0.316 e. The number of fused-ring (bicyclic) bond motifs is 1. The predicted octanol–water partition coefficient (Wildman–Crippen LogP) is 1.21. The van der Waals surface area contributed by atoms with Crippen molar-refractivity contribution in [2.24, 2.45) is 5.92 Å². The van der Waals surface area contributed by atoms with Gasteiger partial charge >= 0.3 is 0 Å². The first kappa shape index (κ1) is 12.4. The van der Waals surface area contributed by atoms with Crippen LogP contribution >= 0.6 is 0 Å². The summed E-state index contributed by atoms with van der Waals surface area (Å²) in [7, 11) is 0. The normalized spacial score (nSPS) is 22.7. The molecule has 2 aliphatic heterocycles. The average molecular weight is 258 g/mol. The van der Waals surface area contributed by atoms with Gasteiger partial charge in [0.1, 0.15) is 0 Å². The lowest BCUT2D eigenvalue weighted by atomic mass is 9.97. The SMILES string of the molecule is O=C1Cc2ccccc2C(=O)N1CCC1CCNC1. The zero-order valence-corrected chi connectivity index (χ0v) is 10.9. The second kappa shape index (κ2) is 5.13. The minimum atomic E-state index is -0.127. The van der Waals surface area contributed by atoms with Crippen LogP contribution in [0.4, 0.5) is 0 Å². The molecule has 2 heterocycles. The van der Waals surface area contributed by atoms with Crippen molar-refractivity contribution in [3.8, 4) is 0 Å². The molecule has 1 N–H and O–H groups in total. The third kappa shape index (κ3) is 2.40. The molecular weight excluding hydrogens is 240 g/mol. The summed E-state index contributed by atoms with van der Waals surface area (Å²) in [6, 6.07) is 7.41. The van der Waals surface area contributed by atoms with Crippen LogP contribution in [0.15, 0.2) is 24.3 Å². The lowest BCUT2D eigenvalue weighted by molar-refractivity contribution is -0.128. The number of nitrogens with zero attached hydrogens (tertiary/aromatic N) is 1. The van der Waals surface area contributed by atoms with Crippen molar-refractivity contribution in [1.29, 1.82) is 0 Å². The van der Waals surface area contributed by atoms with Crippen LogP contribution in [0.5, 0.6) is 0 Å². The summed E-state index contributed by atoms with van der Waals surface area (Å²) >= 11 is 0. The van der Waals surface area contributed by atoms with E-state index in [2.05, 4.69) is 5.32 Å². The topological polar surface area (TPSA) is 49.4 Å². The van der Waals surface area contributed by atoms with Crippen molar-refractivity contribution in [2.75, 3.05) is 19.6 Å². The first-order chi connectivity index (χ1) is 9.25. The Morgan fingerprint density at radius 3 is 2.89 bits per heavy atom. The summed E-state index contributed by atoms with van der Waals surface area (Å²) < 4.78 is 0. The van der Waals surface area contributed by atoms with E-state index in [9.17, 15) is 9.59 Å². The van der Waals surface area contributed by atoms with Crippen molar-refractivity contribution >= 4 is 11.8 Å². The number of hydrogen-bond acceptors (Lipinski definition) is 3. The van der Waals surface area contributed by atoms with E-state index in [-0.39, 0.29) is 11.8 Å². The van der Waals surface area contributed by atoms with E-state index < -0.39 is 0 Å². The molecule has 0 radical (unpaired) electrons. The molecule has 19 heavy (non-hydrogen) atoms. The van der Waals surface area contributed by atoms with Crippen LogP contribution in [-0.2, 0) is 11.2 Å². The molecule has 1 aromatic rings. The van der Waals surface area contributed by atoms with E-state index in [1.54, 1.807) is 0 Å². The van der Waals surface area contributed by atoms with Gasteiger partial charge in [-0.05, 0) is 43.5 Å². The molecule has 0 aromatic heterocycles. The summed E-state index contributed by atoms with van der Waals surface area (Å²) in [5.41, 5.74) is 1.54. The highest BCUT2D eigenvalue weighted by Gasteiger charge is 2.30. The van der Waals surface area contributed by atoms with Gasteiger partial charge in [0.25, 0.3) is 5.91 Å². The fourth-order valence-electron chi connectivity index (χ4n) is 2.90. The number of benzene rings is 1. The number of nitrogens with one attached hydrogen (secondary N) is 1. The van der Waals surface area contributed by atoms with Crippen molar-refractivity contribution in [3.63, 3.8) is 0 Å². The molecule has 0 spiro atoms. The number of rotatable bonds is 3. The molecule has 1 unspecified atom stereocenters. The lowest BCUT2D eigenvalue weighted by Crippen LogP contribution is -2.43. The Balaban J connectivity index is 1.72. The van der Waals surface area contributed by atoms with Gasteiger partial charge in [0.2, 0.25) is 5.91 Å². The van der Waals surface area contributed by atoms with Gasteiger partial charge < -0.3 is 5.32 Å². The Morgan fingerprint density at radius 1 is 1.26 bits per heavy atom. The number of carbonyl (C=O) groups excluding carboxylic acids is 2. The first-order valence-electron chi connectivity index (χ1n) is 6.89. The van der Waals surface area contributed by atoms with Crippen LogP contribution in [0, 0.1) is 5.92 Å². The Kier molecular flexibility index (Phi) is 3.34. The van der Waals surface area contributed by atoms with E-state index in [1.165, 1.54) is 4.90 Å². The van der Waals surface area contributed by atoms with E-state index in [0.29, 0.717) is 24.4 Å². The van der Waals surface area contributed by atoms with Crippen LogP contribution in [0.3, 0.4) is 0 Å². The highest BCUT2D eigenvalue weighted by atomic mass is 16.2. The van der Waals surface area contributed by atoms with Gasteiger partial charge in [-0.15, -0.1) is 0 Å². The van der Waals surface area contributed by atoms with Crippen molar-refractivity contribution in [2.45, 2.75) is 19.3 Å². The fourth-order valence-corrected chi connectivity index (χ4v) is 2.90. The van der Waals surface area contributed by atoms with Gasteiger partial charge in [-0.2, -0.15) is 0 Å². The van der Waals surface area contributed by atoms with Crippen molar-refractivity contribution in [1.82, 2.24) is 10.2 Å². The maximum absolute atomic E-state index is 12.3. The summed E-state index contributed by atoms with van der Waals surface area (Å²) in [5, 5.41) is 3.31. The molecule has 0 saturated carbocycles.